The lowest BCUT2D eigenvalue weighted by Crippen LogP contribution is -2.47. The van der Waals surface area contributed by atoms with Gasteiger partial charge in [0.15, 0.2) is 11.5 Å². The van der Waals surface area contributed by atoms with E-state index < -0.39 is 34.0 Å². The van der Waals surface area contributed by atoms with Gasteiger partial charge in [0.2, 0.25) is 21.8 Å². The predicted molar refractivity (Wildman–Crippen MR) is 108 cm³/mol. The number of carbonyl (C=O) groups is 2. The maximum Gasteiger partial charge on any atom is 0.243 e. The SMILES string of the molecule is COc1ccc(S(=O)(=O)N2CCCC(NC(=O)[CH]CCC(N)=O)[C@@H](O)C2)cc1OC. The van der Waals surface area contributed by atoms with Gasteiger partial charge in [-0.05, 0) is 31.4 Å². The zero-order chi connectivity index (χ0) is 22.3. The third kappa shape index (κ3) is 6.07. The summed E-state index contributed by atoms with van der Waals surface area (Å²) < 4.78 is 37.6. The van der Waals surface area contributed by atoms with Crippen molar-refractivity contribution in [2.45, 2.75) is 42.7 Å². The van der Waals surface area contributed by atoms with Gasteiger partial charge in [-0.2, -0.15) is 4.31 Å². The first-order valence-corrected chi connectivity index (χ1v) is 10.9. The number of amides is 2. The van der Waals surface area contributed by atoms with E-state index in [0.29, 0.717) is 18.6 Å². The van der Waals surface area contributed by atoms with E-state index in [2.05, 4.69) is 5.32 Å². The lowest BCUT2D eigenvalue weighted by atomic mass is 10.1. The van der Waals surface area contributed by atoms with Crippen LogP contribution in [0.15, 0.2) is 23.1 Å². The molecule has 1 aromatic carbocycles. The quantitative estimate of drug-likeness (QED) is 0.480. The monoisotopic (exact) mass is 442 g/mol. The Hall–Kier alpha value is -2.37. The van der Waals surface area contributed by atoms with Crippen molar-refractivity contribution in [1.82, 2.24) is 9.62 Å². The Morgan fingerprint density at radius 3 is 2.63 bits per heavy atom. The van der Waals surface area contributed by atoms with Gasteiger partial charge in [-0.1, -0.05) is 0 Å². The Morgan fingerprint density at radius 1 is 1.30 bits per heavy atom. The maximum atomic E-state index is 13.1. The van der Waals surface area contributed by atoms with E-state index >= 15 is 0 Å². The first-order chi connectivity index (χ1) is 14.2. The number of hydrogen-bond acceptors (Lipinski definition) is 7. The van der Waals surface area contributed by atoms with E-state index in [-0.39, 0.29) is 36.6 Å². The van der Waals surface area contributed by atoms with Crippen LogP contribution in [0.3, 0.4) is 0 Å². The molecular weight excluding hydrogens is 414 g/mol. The number of sulfonamides is 1. The number of aliphatic hydroxyl groups excluding tert-OH is 1. The van der Waals surface area contributed by atoms with Gasteiger partial charge in [-0.25, -0.2) is 8.42 Å². The van der Waals surface area contributed by atoms with E-state index in [9.17, 15) is 23.1 Å². The molecule has 1 heterocycles. The molecule has 1 unspecified atom stereocenters. The smallest absolute Gasteiger partial charge is 0.243 e. The number of aliphatic hydroxyl groups is 1. The van der Waals surface area contributed by atoms with E-state index in [0.717, 1.165) is 0 Å². The Morgan fingerprint density at radius 2 is 2.00 bits per heavy atom. The van der Waals surface area contributed by atoms with Crippen LogP contribution in [-0.4, -0.2) is 69.1 Å². The third-order valence-corrected chi connectivity index (χ3v) is 6.68. The molecule has 30 heavy (non-hydrogen) atoms. The number of benzene rings is 1. The van der Waals surface area contributed by atoms with Crippen LogP contribution in [0.25, 0.3) is 0 Å². The van der Waals surface area contributed by atoms with Gasteiger partial charge in [0.1, 0.15) is 0 Å². The number of hydrogen-bond donors (Lipinski definition) is 3. The highest BCUT2D eigenvalue weighted by molar-refractivity contribution is 7.89. The van der Waals surface area contributed by atoms with Gasteiger partial charge in [0, 0.05) is 25.6 Å². The highest BCUT2D eigenvalue weighted by Crippen LogP contribution is 2.31. The van der Waals surface area contributed by atoms with Crippen LogP contribution in [0.2, 0.25) is 0 Å². The van der Waals surface area contributed by atoms with Crippen molar-refractivity contribution in [2.24, 2.45) is 5.73 Å². The topological polar surface area (TPSA) is 148 Å². The zero-order valence-corrected chi connectivity index (χ0v) is 17.9. The molecule has 1 aliphatic rings. The standard InChI is InChI=1S/C19H28N3O7S/c1-28-16-9-8-13(11-17(16)29-2)30(26,27)22-10-4-5-14(15(23)12-22)21-19(25)7-3-6-18(20)24/h7-9,11,14-15,23H,3-6,10,12H2,1-2H3,(H2,20,24)(H,21,25)/t14?,15-/m0/s1. The molecule has 167 valence electrons. The van der Waals surface area contributed by atoms with Gasteiger partial charge < -0.3 is 25.6 Å². The molecule has 2 rings (SSSR count). The second kappa shape index (κ2) is 10.6. The summed E-state index contributed by atoms with van der Waals surface area (Å²) in [5.74, 6) is -0.255. The number of methoxy groups -OCH3 is 2. The van der Waals surface area contributed by atoms with Crippen molar-refractivity contribution in [1.29, 1.82) is 0 Å². The summed E-state index contributed by atoms with van der Waals surface area (Å²) in [5, 5.41) is 13.2. The summed E-state index contributed by atoms with van der Waals surface area (Å²) in [5.41, 5.74) is 5.04. The highest BCUT2D eigenvalue weighted by Gasteiger charge is 2.33. The first-order valence-electron chi connectivity index (χ1n) is 9.51. The maximum absolute atomic E-state index is 13.1. The summed E-state index contributed by atoms with van der Waals surface area (Å²) in [4.78, 5) is 22.8. The lowest BCUT2D eigenvalue weighted by molar-refractivity contribution is -0.119. The Balaban J connectivity index is 2.07. The molecule has 1 radical (unpaired) electrons. The normalized spacial score (nSPS) is 20.2. The lowest BCUT2D eigenvalue weighted by Gasteiger charge is -2.25. The van der Waals surface area contributed by atoms with Crippen LogP contribution in [0.5, 0.6) is 11.5 Å². The van der Waals surface area contributed by atoms with Gasteiger partial charge in [0.05, 0.1) is 37.7 Å². The summed E-state index contributed by atoms with van der Waals surface area (Å²) >= 11 is 0. The van der Waals surface area contributed by atoms with Crippen LogP contribution in [0.1, 0.15) is 25.7 Å². The van der Waals surface area contributed by atoms with Crippen LogP contribution in [0, 0.1) is 6.42 Å². The van der Waals surface area contributed by atoms with Crippen molar-refractivity contribution in [3.05, 3.63) is 24.6 Å². The van der Waals surface area contributed by atoms with Gasteiger partial charge >= 0.3 is 0 Å². The minimum Gasteiger partial charge on any atom is -0.493 e. The largest absolute Gasteiger partial charge is 0.493 e. The van der Waals surface area contributed by atoms with Crippen molar-refractivity contribution in [2.75, 3.05) is 27.3 Å². The molecule has 1 aromatic rings. The number of ether oxygens (including phenoxy) is 2. The molecule has 0 aromatic heterocycles. The number of nitrogens with one attached hydrogen (secondary N) is 1. The van der Waals surface area contributed by atoms with Crippen LogP contribution in [0.4, 0.5) is 0 Å². The molecule has 0 saturated carbocycles. The van der Waals surface area contributed by atoms with Crippen molar-refractivity contribution < 1.29 is 32.6 Å². The highest BCUT2D eigenvalue weighted by atomic mass is 32.2. The fourth-order valence-corrected chi connectivity index (χ4v) is 4.72. The number of β-amino-alcohol motifs (C(OH)–C–C–N with tert-alkyl or cyclic N) is 1. The van der Waals surface area contributed by atoms with Gasteiger partial charge in [0.25, 0.3) is 0 Å². The van der Waals surface area contributed by atoms with E-state index in [1.165, 1.54) is 43.1 Å². The van der Waals surface area contributed by atoms with Crippen LogP contribution >= 0.6 is 0 Å². The number of rotatable bonds is 9. The fourth-order valence-electron chi connectivity index (χ4n) is 3.21. The average molecular weight is 443 g/mol. The zero-order valence-electron chi connectivity index (χ0n) is 17.0. The number of carbonyl (C=O) groups excluding carboxylic acids is 2. The minimum absolute atomic E-state index is 0.0228. The second-order valence-electron chi connectivity index (χ2n) is 6.91. The molecule has 0 bridgehead atoms. The average Bonchev–Trinajstić information content (AvgIpc) is 2.89. The Kier molecular flexibility index (Phi) is 8.44. The first kappa shape index (κ1) is 23.9. The molecule has 1 fully saturated rings. The molecule has 2 amide bonds. The van der Waals surface area contributed by atoms with Gasteiger partial charge in [-0.3, -0.25) is 9.59 Å². The molecule has 1 saturated heterocycles. The van der Waals surface area contributed by atoms with E-state index in [1.807, 2.05) is 0 Å². The predicted octanol–water partition coefficient (Wildman–Crippen LogP) is -0.196. The Labute approximate surface area is 176 Å². The summed E-state index contributed by atoms with van der Waals surface area (Å²) in [6, 6.07) is 3.69. The number of nitrogens with zero attached hydrogens (tertiary/aromatic N) is 1. The molecule has 4 N–H and O–H groups in total. The fraction of sp³-hybridized carbons (Fsp3) is 0.526. The van der Waals surface area contributed by atoms with E-state index in [1.54, 1.807) is 0 Å². The van der Waals surface area contributed by atoms with Crippen LogP contribution in [-0.2, 0) is 19.6 Å². The van der Waals surface area contributed by atoms with Crippen molar-refractivity contribution in [3.8, 4) is 11.5 Å². The molecule has 1 aliphatic heterocycles. The second-order valence-corrected chi connectivity index (χ2v) is 8.85. The van der Waals surface area contributed by atoms with Crippen LogP contribution < -0.4 is 20.5 Å². The Bertz CT molecular complexity index is 860. The molecule has 2 atom stereocenters. The van der Waals surface area contributed by atoms with E-state index in [4.69, 9.17) is 15.2 Å². The molecule has 11 heteroatoms. The molecule has 10 nitrogen and oxygen atoms in total. The third-order valence-electron chi connectivity index (χ3n) is 4.82. The molecule has 0 spiro atoms. The van der Waals surface area contributed by atoms with Crippen molar-refractivity contribution in [3.63, 3.8) is 0 Å². The number of primary amides is 1. The summed E-state index contributed by atoms with van der Waals surface area (Å²) in [6.07, 6.45) is 1.32. The molecule has 0 aliphatic carbocycles. The summed E-state index contributed by atoms with van der Waals surface area (Å²) in [7, 11) is -1.02. The van der Waals surface area contributed by atoms with Gasteiger partial charge in [-0.15, -0.1) is 0 Å². The molecular formula is C19H28N3O7S. The van der Waals surface area contributed by atoms with Crippen molar-refractivity contribution >= 4 is 21.8 Å². The minimum atomic E-state index is -3.89. The summed E-state index contributed by atoms with van der Waals surface area (Å²) in [6.45, 7) is 0.0361. The number of nitrogens with two attached hydrogens (primary N) is 1.